The first-order chi connectivity index (χ1) is 12.0. The third-order valence-corrected chi connectivity index (χ3v) is 4.11. The Bertz CT molecular complexity index is 655. The number of Topliss-reactive ketones (excluding diaryl/α,β-unsaturated/α-hetero) is 1. The Morgan fingerprint density at radius 3 is 2.72 bits per heavy atom. The molecule has 1 aliphatic rings. The number of hydrogen-bond donors (Lipinski definition) is 0. The molecule has 6 heteroatoms. The van der Waals surface area contributed by atoms with E-state index >= 15 is 0 Å². The highest BCUT2D eigenvalue weighted by Crippen LogP contribution is 2.35. The zero-order chi connectivity index (χ0) is 18.4. The predicted octanol–water partition coefficient (Wildman–Crippen LogP) is 3.13. The van der Waals surface area contributed by atoms with E-state index in [4.69, 9.17) is 9.47 Å². The van der Waals surface area contributed by atoms with Gasteiger partial charge >= 0.3 is 5.97 Å². The normalized spacial score (nSPS) is 14.5. The molecule has 0 N–H and O–H groups in total. The van der Waals surface area contributed by atoms with Crippen LogP contribution in [-0.4, -0.2) is 36.9 Å². The lowest BCUT2D eigenvalue weighted by Gasteiger charge is -2.33. The van der Waals surface area contributed by atoms with E-state index in [1.807, 2.05) is 13.8 Å². The zero-order valence-electron chi connectivity index (χ0n) is 15.0. The number of carbonyl (C=O) groups is 3. The lowest BCUT2D eigenvalue weighted by Crippen LogP contribution is -2.48. The molecule has 1 aliphatic heterocycles. The molecular formula is C19H25NO5. The predicted molar refractivity (Wildman–Crippen MR) is 94.0 cm³/mol. The second-order valence-corrected chi connectivity index (χ2v) is 6.11. The standard InChI is InChI=1S/C19H25NO5/c1-4-6-10-24-19(23)13(3)20-15-11-14(16(21)7-5-2)8-9-17(15)25-12-18(20)22/h8-9,11,13H,4-7,10,12H2,1-3H3. The molecule has 0 aromatic heterocycles. The highest BCUT2D eigenvalue weighted by molar-refractivity contribution is 6.05. The van der Waals surface area contributed by atoms with E-state index in [2.05, 4.69) is 0 Å². The fourth-order valence-corrected chi connectivity index (χ4v) is 2.68. The first-order valence-corrected chi connectivity index (χ1v) is 8.78. The van der Waals surface area contributed by atoms with Crippen molar-refractivity contribution in [2.45, 2.75) is 52.5 Å². The van der Waals surface area contributed by atoms with Crippen molar-refractivity contribution in [3.8, 4) is 5.75 Å². The highest BCUT2D eigenvalue weighted by atomic mass is 16.5. The molecule has 0 spiro atoms. The fraction of sp³-hybridized carbons (Fsp3) is 0.526. The molecule has 0 radical (unpaired) electrons. The SMILES string of the molecule is CCCCOC(=O)C(C)N1C(=O)COc2ccc(C(=O)CCC)cc21. The number of rotatable bonds is 8. The number of benzene rings is 1. The maximum Gasteiger partial charge on any atom is 0.328 e. The van der Waals surface area contributed by atoms with E-state index in [1.54, 1.807) is 25.1 Å². The van der Waals surface area contributed by atoms with Crippen LogP contribution in [0.4, 0.5) is 5.69 Å². The molecule has 0 saturated carbocycles. The van der Waals surface area contributed by atoms with Gasteiger partial charge in [0.1, 0.15) is 11.8 Å². The minimum atomic E-state index is -0.775. The topological polar surface area (TPSA) is 72.9 Å². The first kappa shape index (κ1) is 19.0. The Kier molecular flexibility index (Phi) is 6.56. The first-order valence-electron chi connectivity index (χ1n) is 8.78. The molecule has 1 unspecified atom stereocenters. The largest absolute Gasteiger partial charge is 0.482 e. The molecule has 25 heavy (non-hydrogen) atoms. The van der Waals surface area contributed by atoms with Crippen LogP contribution in [0.15, 0.2) is 18.2 Å². The van der Waals surface area contributed by atoms with Crippen molar-refractivity contribution in [1.29, 1.82) is 0 Å². The summed E-state index contributed by atoms with van der Waals surface area (Å²) < 4.78 is 10.7. The van der Waals surface area contributed by atoms with E-state index in [1.165, 1.54) is 4.90 Å². The van der Waals surface area contributed by atoms with E-state index in [0.29, 0.717) is 30.0 Å². The number of amides is 1. The summed E-state index contributed by atoms with van der Waals surface area (Å²) in [5, 5.41) is 0. The van der Waals surface area contributed by atoms with Crippen LogP contribution in [0, 0.1) is 0 Å². The van der Waals surface area contributed by atoms with E-state index in [-0.39, 0.29) is 18.3 Å². The summed E-state index contributed by atoms with van der Waals surface area (Å²) in [4.78, 5) is 38.1. The minimum absolute atomic E-state index is 0.00134. The smallest absolute Gasteiger partial charge is 0.328 e. The fourth-order valence-electron chi connectivity index (χ4n) is 2.68. The van der Waals surface area contributed by atoms with Gasteiger partial charge in [0.2, 0.25) is 0 Å². The van der Waals surface area contributed by atoms with Crippen LogP contribution >= 0.6 is 0 Å². The van der Waals surface area contributed by atoms with E-state index in [9.17, 15) is 14.4 Å². The third-order valence-electron chi connectivity index (χ3n) is 4.11. The summed E-state index contributed by atoms with van der Waals surface area (Å²) >= 11 is 0. The molecule has 0 fully saturated rings. The van der Waals surface area contributed by atoms with Crippen LogP contribution in [0.1, 0.15) is 56.8 Å². The summed E-state index contributed by atoms with van der Waals surface area (Å²) in [6, 6.07) is 4.21. The molecule has 1 atom stereocenters. The van der Waals surface area contributed by atoms with Crippen molar-refractivity contribution >= 4 is 23.3 Å². The third kappa shape index (κ3) is 4.38. The number of ketones is 1. The summed E-state index contributed by atoms with van der Waals surface area (Å²) in [5.74, 6) is -0.297. The molecular weight excluding hydrogens is 322 g/mol. The second kappa shape index (κ2) is 8.65. The number of ether oxygens (including phenoxy) is 2. The summed E-state index contributed by atoms with van der Waals surface area (Å²) in [5.41, 5.74) is 0.952. The Morgan fingerprint density at radius 1 is 1.28 bits per heavy atom. The van der Waals surface area contributed by atoms with Gasteiger partial charge in [0, 0.05) is 12.0 Å². The zero-order valence-corrected chi connectivity index (χ0v) is 15.0. The van der Waals surface area contributed by atoms with Gasteiger partial charge in [-0.25, -0.2) is 4.79 Å². The number of hydrogen-bond acceptors (Lipinski definition) is 5. The number of unbranched alkanes of at least 4 members (excludes halogenated alkanes) is 1. The number of fused-ring (bicyclic) bond motifs is 1. The lowest BCUT2D eigenvalue weighted by molar-refractivity contribution is -0.146. The van der Waals surface area contributed by atoms with Crippen molar-refractivity contribution in [2.75, 3.05) is 18.1 Å². The van der Waals surface area contributed by atoms with Crippen molar-refractivity contribution in [3.63, 3.8) is 0 Å². The monoisotopic (exact) mass is 347 g/mol. The number of anilines is 1. The molecule has 1 heterocycles. The Hall–Kier alpha value is -2.37. The average Bonchev–Trinajstić information content (AvgIpc) is 2.61. The van der Waals surface area contributed by atoms with Gasteiger partial charge in [-0.1, -0.05) is 20.3 Å². The summed E-state index contributed by atoms with van der Waals surface area (Å²) in [6.07, 6.45) is 2.88. The maximum atomic E-state index is 12.3. The molecule has 2 rings (SSSR count). The molecule has 0 saturated heterocycles. The van der Waals surface area contributed by atoms with Crippen LogP contribution in [0.3, 0.4) is 0 Å². The molecule has 136 valence electrons. The van der Waals surface area contributed by atoms with E-state index in [0.717, 1.165) is 19.3 Å². The van der Waals surface area contributed by atoms with Crippen LogP contribution < -0.4 is 9.64 Å². The van der Waals surface area contributed by atoms with Crippen molar-refractivity contribution in [1.82, 2.24) is 0 Å². The van der Waals surface area contributed by atoms with Gasteiger partial charge in [-0.05, 0) is 38.0 Å². The van der Waals surface area contributed by atoms with Gasteiger partial charge in [-0.2, -0.15) is 0 Å². The van der Waals surface area contributed by atoms with Gasteiger partial charge in [-0.3, -0.25) is 14.5 Å². The van der Waals surface area contributed by atoms with Gasteiger partial charge in [0.15, 0.2) is 12.4 Å². The molecule has 1 amide bonds. The number of carbonyl (C=O) groups excluding carboxylic acids is 3. The van der Waals surface area contributed by atoms with Gasteiger partial charge < -0.3 is 9.47 Å². The quantitative estimate of drug-likeness (QED) is 0.410. The summed E-state index contributed by atoms with van der Waals surface area (Å²) in [6.45, 7) is 5.77. The van der Waals surface area contributed by atoms with Crippen LogP contribution in [0.25, 0.3) is 0 Å². The highest BCUT2D eigenvalue weighted by Gasteiger charge is 2.34. The number of nitrogens with zero attached hydrogens (tertiary/aromatic N) is 1. The van der Waals surface area contributed by atoms with Crippen LogP contribution in [-0.2, 0) is 14.3 Å². The molecule has 1 aromatic rings. The lowest BCUT2D eigenvalue weighted by atomic mass is 10.0. The van der Waals surface area contributed by atoms with Gasteiger partial charge in [0.25, 0.3) is 5.91 Å². The van der Waals surface area contributed by atoms with E-state index < -0.39 is 12.0 Å². The number of esters is 1. The van der Waals surface area contributed by atoms with Crippen molar-refractivity contribution < 1.29 is 23.9 Å². The molecule has 0 bridgehead atoms. The van der Waals surface area contributed by atoms with Gasteiger partial charge in [-0.15, -0.1) is 0 Å². The van der Waals surface area contributed by atoms with Crippen molar-refractivity contribution in [3.05, 3.63) is 23.8 Å². The van der Waals surface area contributed by atoms with Gasteiger partial charge in [0.05, 0.1) is 12.3 Å². The molecule has 1 aromatic carbocycles. The maximum absolute atomic E-state index is 12.3. The molecule has 6 nitrogen and oxygen atoms in total. The van der Waals surface area contributed by atoms with Crippen LogP contribution in [0.5, 0.6) is 5.75 Å². The summed E-state index contributed by atoms with van der Waals surface area (Å²) in [7, 11) is 0. The second-order valence-electron chi connectivity index (χ2n) is 6.11. The van der Waals surface area contributed by atoms with Crippen molar-refractivity contribution in [2.24, 2.45) is 0 Å². The van der Waals surface area contributed by atoms with Crippen LogP contribution in [0.2, 0.25) is 0 Å². The Balaban J connectivity index is 2.27. The average molecular weight is 347 g/mol. The Morgan fingerprint density at radius 2 is 2.04 bits per heavy atom. The minimum Gasteiger partial charge on any atom is -0.482 e. The Labute approximate surface area is 148 Å². The molecule has 0 aliphatic carbocycles.